The van der Waals surface area contributed by atoms with E-state index in [2.05, 4.69) is 5.32 Å². The Bertz CT molecular complexity index is 369. The molecule has 100 valence electrons. The number of hydrogen-bond acceptors (Lipinski definition) is 4. The molecule has 1 amide bonds. The van der Waals surface area contributed by atoms with Crippen LogP contribution in [0.25, 0.3) is 0 Å². The Labute approximate surface area is 102 Å². The van der Waals surface area contributed by atoms with Gasteiger partial charge in [-0.15, -0.1) is 0 Å². The summed E-state index contributed by atoms with van der Waals surface area (Å²) >= 11 is 0. The van der Waals surface area contributed by atoms with E-state index in [9.17, 15) is 13.2 Å². The van der Waals surface area contributed by atoms with Crippen LogP contribution >= 0.6 is 0 Å². The van der Waals surface area contributed by atoms with E-state index in [-0.39, 0.29) is 31.0 Å². The zero-order valence-electron chi connectivity index (χ0n) is 10.2. The average molecular weight is 264 g/mol. The van der Waals surface area contributed by atoms with E-state index in [0.717, 1.165) is 6.26 Å². The third kappa shape index (κ3) is 4.25. The van der Waals surface area contributed by atoms with Crippen molar-refractivity contribution < 1.29 is 18.3 Å². The number of rotatable bonds is 4. The first-order chi connectivity index (χ1) is 7.84. The van der Waals surface area contributed by atoms with E-state index in [1.54, 1.807) is 6.92 Å². The molecule has 17 heavy (non-hydrogen) atoms. The van der Waals surface area contributed by atoms with Crippen molar-refractivity contribution in [3.8, 4) is 0 Å². The largest absolute Gasteiger partial charge is 0.394 e. The number of nitrogens with zero attached hydrogens (tertiary/aromatic N) is 1. The van der Waals surface area contributed by atoms with Crippen LogP contribution in [0.5, 0.6) is 0 Å². The monoisotopic (exact) mass is 264 g/mol. The first-order valence-electron chi connectivity index (χ1n) is 5.71. The molecule has 0 aromatic carbocycles. The van der Waals surface area contributed by atoms with E-state index in [1.807, 2.05) is 0 Å². The molecular formula is C10H20N2O4S. The van der Waals surface area contributed by atoms with Crippen LogP contribution in [0.1, 0.15) is 19.8 Å². The first-order valence-corrected chi connectivity index (χ1v) is 7.55. The predicted octanol–water partition coefficient (Wildman–Crippen LogP) is -0.845. The summed E-state index contributed by atoms with van der Waals surface area (Å²) in [6.45, 7) is 2.31. The number of carbonyl (C=O) groups is 1. The number of sulfonamides is 1. The highest BCUT2D eigenvalue weighted by Crippen LogP contribution is 2.18. The molecule has 0 aliphatic carbocycles. The van der Waals surface area contributed by atoms with E-state index < -0.39 is 10.0 Å². The molecule has 1 unspecified atom stereocenters. The standard InChI is InChI=1S/C10H20N2O4S/c1-8(7-13)11-10(14)9-4-3-5-12(6-9)17(2,15)16/h8-9,13H,3-7H2,1-2H3,(H,11,14)/t8-,9?/m1/s1. The van der Waals surface area contributed by atoms with Crippen molar-refractivity contribution in [2.75, 3.05) is 26.0 Å². The fourth-order valence-electron chi connectivity index (χ4n) is 1.86. The van der Waals surface area contributed by atoms with Gasteiger partial charge in [0.05, 0.1) is 18.8 Å². The molecule has 2 atom stereocenters. The lowest BCUT2D eigenvalue weighted by atomic mass is 9.98. The lowest BCUT2D eigenvalue weighted by Gasteiger charge is -2.30. The van der Waals surface area contributed by atoms with Gasteiger partial charge in [0.1, 0.15) is 0 Å². The van der Waals surface area contributed by atoms with Gasteiger partial charge in [0.15, 0.2) is 0 Å². The second-order valence-electron chi connectivity index (χ2n) is 4.55. The lowest BCUT2D eigenvalue weighted by molar-refractivity contribution is -0.126. The van der Waals surface area contributed by atoms with Crippen LogP contribution in [0.15, 0.2) is 0 Å². The molecule has 1 rings (SSSR count). The number of piperidine rings is 1. The minimum absolute atomic E-state index is 0.117. The van der Waals surface area contributed by atoms with Crippen LogP contribution in [0.3, 0.4) is 0 Å². The van der Waals surface area contributed by atoms with E-state index in [0.29, 0.717) is 19.4 Å². The van der Waals surface area contributed by atoms with E-state index in [1.165, 1.54) is 4.31 Å². The second kappa shape index (κ2) is 5.79. The fourth-order valence-corrected chi connectivity index (χ4v) is 2.78. The third-order valence-electron chi connectivity index (χ3n) is 2.89. The summed E-state index contributed by atoms with van der Waals surface area (Å²) in [5.74, 6) is -0.493. The minimum Gasteiger partial charge on any atom is -0.394 e. The Morgan fingerprint density at radius 1 is 1.59 bits per heavy atom. The second-order valence-corrected chi connectivity index (χ2v) is 6.53. The average Bonchev–Trinajstić information content (AvgIpc) is 2.28. The molecule has 1 heterocycles. The zero-order valence-corrected chi connectivity index (χ0v) is 11.0. The Hall–Kier alpha value is -0.660. The molecule has 0 aromatic heterocycles. The maximum atomic E-state index is 11.8. The molecular weight excluding hydrogens is 244 g/mol. The van der Waals surface area contributed by atoms with Crippen LogP contribution < -0.4 is 5.32 Å². The highest BCUT2D eigenvalue weighted by Gasteiger charge is 2.30. The summed E-state index contributed by atoms with van der Waals surface area (Å²) in [7, 11) is -3.22. The molecule has 2 N–H and O–H groups in total. The number of nitrogens with one attached hydrogen (secondary N) is 1. The van der Waals surface area contributed by atoms with Crippen LogP contribution in [-0.2, 0) is 14.8 Å². The van der Waals surface area contributed by atoms with Crippen molar-refractivity contribution in [2.45, 2.75) is 25.8 Å². The molecule has 0 spiro atoms. The van der Waals surface area contributed by atoms with Crippen molar-refractivity contribution in [3.05, 3.63) is 0 Å². The van der Waals surface area contributed by atoms with Crippen LogP contribution in [0, 0.1) is 5.92 Å². The third-order valence-corrected chi connectivity index (χ3v) is 4.16. The van der Waals surface area contributed by atoms with Gasteiger partial charge in [-0.2, -0.15) is 0 Å². The molecule has 1 aliphatic heterocycles. The summed E-state index contributed by atoms with van der Waals surface area (Å²) in [5, 5.41) is 11.5. The summed E-state index contributed by atoms with van der Waals surface area (Å²) in [6.07, 6.45) is 2.54. The fraction of sp³-hybridized carbons (Fsp3) is 0.900. The number of carbonyl (C=O) groups excluding carboxylic acids is 1. The minimum atomic E-state index is -3.22. The Morgan fingerprint density at radius 2 is 2.24 bits per heavy atom. The number of amides is 1. The zero-order chi connectivity index (χ0) is 13.1. The van der Waals surface area contributed by atoms with E-state index in [4.69, 9.17) is 5.11 Å². The van der Waals surface area contributed by atoms with Gasteiger partial charge in [0, 0.05) is 19.1 Å². The van der Waals surface area contributed by atoms with Gasteiger partial charge in [-0.05, 0) is 19.8 Å². The van der Waals surface area contributed by atoms with Crippen molar-refractivity contribution in [2.24, 2.45) is 5.92 Å². The van der Waals surface area contributed by atoms with Crippen LogP contribution in [-0.4, -0.2) is 55.7 Å². The predicted molar refractivity (Wildman–Crippen MR) is 63.8 cm³/mol. The number of aliphatic hydroxyl groups excluding tert-OH is 1. The maximum absolute atomic E-state index is 11.8. The number of hydrogen-bond donors (Lipinski definition) is 2. The van der Waals surface area contributed by atoms with Crippen LogP contribution in [0.2, 0.25) is 0 Å². The molecule has 0 radical (unpaired) electrons. The molecule has 0 bridgehead atoms. The topological polar surface area (TPSA) is 86.7 Å². The summed E-state index contributed by atoms with van der Waals surface area (Å²) < 4.78 is 24.1. The smallest absolute Gasteiger partial charge is 0.224 e. The number of aliphatic hydroxyl groups is 1. The van der Waals surface area contributed by atoms with Gasteiger partial charge in [-0.3, -0.25) is 4.79 Å². The molecule has 7 heteroatoms. The van der Waals surface area contributed by atoms with Crippen molar-refractivity contribution in [1.29, 1.82) is 0 Å². The summed E-state index contributed by atoms with van der Waals surface area (Å²) in [5.41, 5.74) is 0. The van der Waals surface area contributed by atoms with Crippen LogP contribution in [0.4, 0.5) is 0 Å². The van der Waals surface area contributed by atoms with Gasteiger partial charge >= 0.3 is 0 Å². The Morgan fingerprint density at radius 3 is 2.76 bits per heavy atom. The first kappa shape index (κ1) is 14.4. The van der Waals surface area contributed by atoms with Gasteiger partial charge in [0.25, 0.3) is 0 Å². The maximum Gasteiger partial charge on any atom is 0.224 e. The summed E-state index contributed by atoms with van der Waals surface area (Å²) in [6, 6.07) is -0.295. The highest BCUT2D eigenvalue weighted by molar-refractivity contribution is 7.88. The van der Waals surface area contributed by atoms with Gasteiger partial charge < -0.3 is 10.4 Å². The summed E-state index contributed by atoms with van der Waals surface area (Å²) in [4.78, 5) is 11.8. The van der Waals surface area contributed by atoms with Gasteiger partial charge in [-0.1, -0.05) is 0 Å². The van der Waals surface area contributed by atoms with Crippen molar-refractivity contribution >= 4 is 15.9 Å². The molecule has 1 saturated heterocycles. The Kier molecular flexibility index (Phi) is 4.91. The van der Waals surface area contributed by atoms with E-state index >= 15 is 0 Å². The molecule has 1 fully saturated rings. The lowest BCUT2D eigenvalue weighted by Crippen LogP contribution is -2.47. The molecule has 1 aliphatic rings. The molecule has 0 saturated carbocycles. The normalized spacial score (nSPS) is 24.3. The molecule has 6 nitrogen and oxygen atoms in total. The SMILES string of the molecule is C[C@H](CO)NC(=O)C1CCCN(S(C)(=O)=O)C1. The van der Waals surface area contributed by atoms with Gasteiger partial charge in [-0.25, -0.2) is 12.7 Å². The van der Waals surface area contributed by atoms with Gasteiger partial charge in [0.2, 0.25) is 15.9 Å². The quantitative estimate of drug-likeness (QED) is 0.693. The highest BCUT2D eigenvalue weighted by atomic mass is 32.2. The van der Waals surface area contributed by atoms with Crippen molar-refractivity contribution in [1.82, 2.24) is 9.62 Å². The molecule has 0 aromatic rings. The Balaban J connectivity index is 2.58. The van der Waals surface area contributed by atoms with Crippen molar-refractivity contribution in [3.63, 3.8) is 0 Å².